The fraction of sp³-hybridized carbons (Fsp3) is 0.231. The van der Waals surface area contributed by atoms with E-state index in [1.807, 2.05) is 6.92 Å². The van der Waals surface area contributed by atoms with Gasteiger partial charge in [-0.15, -0.1) is 0 Å². The fourth-order valence-corrected chi connectivity index (χ4v) is 4.99. The van der Waals surface area contributed by atoms with Crippen molar-refractivity contribution in [2.45, 2.75) is 18.7 Å². The summed E-state index contributed by atoms with van der Waals surface area (Å²) in [5.74, 6) is -0.523. The number of methoxy groups -OCH3 is 3. The minimum Gasteiger partial charge on any atom is -0.493 e. The van der Waals surface area contributed by atoms with Crippen LogP contribution in [0.25, 0.3) is 0 Å². The maximum Gasteiger partial charge on any atom is 0.338 e. The summed E-state index contributed by atoms with van der Waals surface area (Å²) < 4.78 is 43.7. The lowest BCUT2D eigenvalue weighted by Crippen LogP contribution is -2.38. The molecule has 0 spiro atoms. The van der Waals surface area contributed by atoms with E-state index in [1.54, 1.807) is 49.4 Å². The van der Waals surface area contributed by atoms with Gasteiger partial charge in [-0.25, -0.2) is 13.2 Å². The Bertz CT molecular complexity index is 1370. The summed E-state index contributed by atoms with van der Waals surface area (Å²) in [5, 5.41) is 2.71. The van der Waals surface area contributed by atoms with Crippen molar-refractivity contribution in [3.8, 4) is 11.5 Å². The quantitative estimate of drug-likeness (QED) is 0.432. The minimum atomic E-state index is -4.18. The summed E-state index contributed by atoms with van der Waals surface area (Å²) in [6.45, 7) is 3.03. The van der Waals surface area contributed by atoms with Gasteiger partial charge in [0, 0.05) is 11.8 Å². The van der Waals surface area contributed by atoms with Crippen molar-refractivity contribution in [3.63, 3.8) is 0 Å². The molecule has 0 saturated heterocycles. The highest BCUT2D eigenvalue weighted by atomic mass is 32.2. The molecule has 3 rings (SSSR count). The maximum absolute atomic E-state index is 13.7. The van der Waals surface area contributed by atoms with Crippen LogP contribution in [0.2, 0.25) is 0 Å². The molecule has 0 aliphatic heterocycles. The topological polar surface area (TPSA) is 111 Å². The molecule has 3 aromatic carbocycles. The van der Waals surface area contributed by atoms with Crippen LogP contribution in [0.1, 0.15) is 21.5 Å². The predicted octanol–water partition coefficient (Wildman–Crippen LogP) is 3.94. The number of aryl methyl sites for hydroxylation is 1. The Hall–Kier alpha value is -4.05. The average molecular weight is 513 g/mol. The zero-order valence-electron chi connectivity index (χ0n) is 20.7. The van der Waals surface area contributed by atoms with Crippen LogP contribution in [0.5, 0.6) is 11.5 Å². The third-order valence-electron chi connectivity index (χ3n) is 5.57. The third kappa shape index (κ3) is 5.60. The van der Waals surface area contributed by atoms with Gasteiger partial charge >= 0.3 is 5.97 Å². The lowest BCUT2D eigenvalue weighted by molar-refractivity contribution is -0.114. The van der Waals surface area contributed by atoms with Crippen LogP contribution in [0.15, 0.2) is 65.6 Å². The molecular weight excluding hydrogens is 484 g/mol. The zero-order valence-corrected chi connectivity index (χ0v) is 21.5. The first-order chi connectivity index (χ1) is 17.1. The van der Waals surface area contributed by atoms with Crippen molar-refractivity contribution >= 4 is 33.3 Å². The Morgan fingerprint density at radius 3 is 2.17 bits per heavy atom. The first-order valence-corrected chi connectivity index (χ1v) is 12.4. The molecule has 0 heterocycles. The molecule has 1 N–H and O–H groups in total. The van der Waals surface area contributed by atoms with E-state index in [2.05, 4.69) is 5.32 Å². The molecule has 0 radical (unpaired) electrons. The standard InChI is InChI=1S/C26H28N2O7S/c1-17-9-11-19(12-10-17)28(36(31,32)20-13-14-23(33-3)24(15-20)34-4)16-25(29)27-22-8-6-7-21(18(22)2)26(30)35-5/h6-15H,16H2,1-5H3,(H,27,29). The highest BCUT2D eigenvalue weighted by Crippen LogP contribution is 2.32. The van der Waals surface area contributed by atoms with Gasteiger partial charge in [-0.1, -0.05) is 23.8 Å². The molecule has 0 aliphatic rings. The Balaban J connectivity index is 1.99. The molecular formula is C26H28N2O7S. The van der Waals surface area contributed by atoms with Crippen molar-refractivity contribution in [2.75, 3.05) is 37.5 Å². The van der Waals surface area contributed by atoms with Crippen LogP contribution < -0.4 is 19.1 Å². The van der Waals surface area contributed by atoms with Gasteiger partial charge in [-0.2, -0.15) is 0 Å². The second-order valence-electron chi connectivity index (χ2n) is 7.88. The number of anilines is 2. The molecule has 190 valence electrons. The highest BCUT2D eigenvalue weighted by molar-refractivity contribution is 7.92. The summed E-state index contributed by atoms with van der Waals surface area (Å²) in [6.07, 6.45) is 0. The van der Waals surface area contributed by atoms with Gasteiger partial charge < -0.3 is 19.5 Å². The summed E-state index contributed by atoms with van der Waals surface area (Å²) in [4.78, 5) is 25.0. The molecule has 1 amide bonds. The van der Waals surface area contributed by atoms with Gasteiger partial charge in [0.05, 0.1) is 37.5 Å². The van der Waals surface area contributed by atoms with E-state index < -0.39 is 28.4 Å². The second-order valence-corrected chi connectivity index (χ2v) is 9.74. The molecule has 0 saturated carbocycles. The van der Waals surface area contributed by atoms with Crippen molar-refractivity contribution in [1.29, 1.82) is 0 Å². The number of rotatable bonds is 9. The average Bonchev–Trinajstić information content (AvgIpc) is 2.88. The lowest BCUT2D eigenvalue weighted by atomic mass is 10.1. The summed E-state index contributed by atoms with van der Waals surface area (Å²) in [5.41, 5.74) is 2.41. The summed E-state index contributed by atoms with van der Waals surface area (Å²) in [7, 11) is -0.0579. The van der Waals surface area contributed by atoms with E-state index in [0.29, 0.717) is 28.3 Å². The van der Waals surface area contributed by atoms with Gasteiger partial charge in [0.2, 0.25) is 5.91 Å². The number of carbonyl (C=O) groups is 2. The number of sulfonamides is 1. The SMILES string of the molecule is COC(=O)c1cccc(NC(=O)CN(c2ccc(C)cc2)S(=O)(=O)c2ccc(OC)c(OC)c2)c1C. The number of ether oxygens (including phenoxy) is 3. The van der Waals surface area contributed by atoms with Gasteiger partial charge in [0.1, 0.15) is 6.54 Å². The van der Waals surface area contributed by atoms with Crippen LogP contribution in [-0.2, 0) is 19.6 Å². The molecule has 0 aliphatic carbocycles. The minimum absolute atomic E-state index is 0.0719. The van der Waals surface area contributed by atoms with Crippen LogP contribution in [-0.4, -0.2) is 48.2 Å². The predicted molar refractivity (Wildman–Crippen MR) is 136 cm³/mol. The van der Waals surface area contributed by atoms with Crippen molar-refractivity contribution in [3.05, 3.63) is 77.4 Å². The molecule has 9 nitrogen and oxygen atoms in total. The summed E-state index contributed by atoms with van der Waals surface area (Å²) >= 11 is 0. The van der Waals surface area contributed by atoms with Crippen LogP contribution in [0.4, 0.5) is 11.4 Å². The molecule has 0 atom stereocenters. The number of nitrogens with one attached hydrogen (secondary N) is 1. The molecule has 0 unspecified atom stereocenters. The first kappa shape index (κ1) is 26.6. The zero-order chi connectivity index (χ0) is 26.5. The number of hydrogen-bond acceptors (Lipinski definition) is 7. The van der Waals surface area contributed by atoms with Crippen molar-refractivity contribution in [2.24, 2.45) is 0 Å². The van der Waals surface area contributed by atoms with Crippen LogP contribution in [0.3, 0.4) is 0 Å². The number of hydrogen-bond donors (Lipinski definition) is 1. The highest BCUT2D eigenvalue weighted by Gasteiger charge is 2.28. The number of esters is 1. The van der Waals surface area contributed by atoms with E-state index in [9.17, 15) is 18.0 Å². The van der Waals surface area contributed by atoms with E-state index in [0.717, 1.165) is 9.87 Å². The largest absolute Gasteiger partial charge is 0.493 e. The number of benzene rings is 3. The lowest BCUT2D eigenvalue weighted by Gasteiger charge is -2.25. The van der Waals surface area contributed by atoms with Gasteiger partial charge in [-0.05, 0) is 55.8 Å². The first-order valence-electron chi connectivity index (χ1n) is 10.9. The number of amides is 1. The van der Waals surface area contributed by atoms with Crippen LogP contribution >= 0.6 is 0 Å². The van der Waals surface area contributed by atoms with Crippen LogP contribution in [0, 0.1) is 13.8 Å². The van der Waals surface area contributed by atoms with Crippen molar-refractivity contribution < 1.29 is 32.2 Å². The van der Waals surface area contributed by atoms with E-state index in [1.165, 1.54) is 39.5 Å². The van der Waals surface area contributed by atoms with E-state index >= 15 is 0 Å². The maximum atomic E-state index is 13.7. The van der Waals surface area contributed by atoms with Gasteiger partial charge in [-0.3, -0.25) is 9.10 Å². The molecule has 0 fully saturated rings. The van der Waals surface area contributed by atoms with Crippen molar-refractivity contribution in [1.82, 2.24) is 0 Å². The molecule has 10 heteroatoms. The molecule has 36 heavy (non-hydrogen) atoms. The Labute approximate surface area is 210 Å². The summed E-state index contributed by atoms with van der Waals surface area (Å²) in [6, 6.07) is 15.8. The number of nitrogens with zero attached hydrogens (tertiary/aromatic N) is 1. The molecule has 0 aromatic heterocycles. The Morgan fingerprint density at radius 2 is 1.56 bits per heavy atom. The second kappa shape index (κ2) is 11.1. The van der Waals surface area contributed by atoms with E-state index in [4.69, 9.17) is 14.2 Å². The molecule has 3 aromatic rings. The van der Waals surface area contributed by atoms with Gasteiger partial charge in [0.25, 0.3) is 10.0 Å². The molecule has 0 bridgehead atoms. The smallest absolute Gasteiger partial charge is 0.338 e. The van der Waals surface area contributed by atoms with Gasteiger partial charge in [0.15, 0.2) is 11.5 Å². The van der Waals surface area contributed by atoms with E-state index in [-0.39, 0.29) is 10.6 Å². The fourth-order valence-electron chi connectivity index (χ4n) is 3.55. The number of carbonyl (C=O) groups excluding carboxylic acids is 2. The third-order valence-corrected chi connectivity index (χ3v) is 7.34. The monoisotopic (exact) mass is 512 g/mol. The Kier molecular flexibility index (Phi) is 8.21. The normalized spacial score (nSPS) is 10.9. The Morgan fingerprint density at radius 1 is 0.889 bits per heavy atom.